The molecule has 0 aliphatic carbocycles. The Labute approximate surface area is 95.4 Å². The highest BCUT2D eigenvalue weighted by atomic mass is 35.5. The molecular weight excluding hydrogens is 208 g/mol. The summed E-state index contributed by atoms with van der Waals surface area (Å²) in [5.74, 6) is 0.662. The molecule has 0 saturated carbocycles. The van der Waals surface area contributed by atoms with Gasteiger partial charge in [-0.3, -0.25) is 0 Å². The van der Waals surface area contributed by atoms with Gasteiger partial charge in [0.15, 0.2) is 0 Å². The van der Waals surface area contributed by atoms with E-state index in [9.17, 15) is 0 Å². The van der Waals surface area contributed by atoms with Crippen LogP contribution in [-0.4, -0.2) is 18.1 Å². The molecule has 1 fully saturated rings. The van der Waals surface area contributed by atoms with Gasteiger partial charge in [0.1, 0.15) is 5.15 Å². The zero-order chi connectivity index (χ0) is 10.5. The fourth-order valence-electron chi connectivity index (χ4n) is 1.78. The molecule has 3 heteroatoms. The van der Waals surface area contributed by atoms with Crippen molar-refractivity contribution in [1.82, 2.24) is 10.3 Å². The average molecular weight is 223 g/mol. The fraction of sp³-hybridized carbons (Fsp3) is 0.417. The zero-order valence-corrected chi connectivity index (χ0v) is 9.37. The van der Waals surface area contributed by atoms with Crippen LogP contribution in [0.15, 0.2) is 24.4 Å². The number of rotatable bonds is 2. The van der Waals surface area contributed by atoms with Gasteiger partial charge in [0.05, 0.1) is 0 Å². The van der Waals surface area contributed by atoms with Gasteiger partial charge in [0, 0.05) is 12.7 Å². The van der Waals surface area contributed by atoms with Crippen molar-refractivity contribution in [3.63, 3.8) is 0 Å². The fourth-order valence-corrected chi connectivity index (χ4v) is 1.89. The maximum atomic E-state index is 5.72. The Morgan fingerprint density at radius 2 is 2.40 bits per heavy atom. The van der Waals surface area contributed by atoms with Crippen LogP contribution >= 0.6 is 11.6 Å². The molecule has 2 rings (SSSR count). The van der Waals surface area contributed by atoms with Crippen molar-refractivity contribution < 1.29 is 0 Å². The van der Waals surface area contributed by atoms with E-state index < -0.39 is 0 Å². The minimum absolute atomic E-state index is 0.548. The summed E-state index contributed by atoms with van der Waals surface area (Å²) in [7, 11) is 0. The van der Waals surface area contributed by atoms with E-state index in [2.05, 4.69) is 22.5 Å². The summed E-state index contributed by atoms with van der Waals surface area (Å²) < 4.78 is 0. The first kappa shape index (κ1) is 10.7. The van der Waals surface area contributed by atoms with Crippen LogP contribution in [0.5, 0.6) is 0 Å². The summed E-state index contributed by atoms with van der Waals surface area (Å²) in [6.07, 6.45) is 8.74. The second-order valence-electron chi connectivity index (χ2n) is 3.88. The van der Waals surface area contributed by atoms with Crippen molar-refractivity contribution in [3.05, 3.63) is 35.1 Å². The highest BCUT2D eigenvalue weighted by Gasteiger charge is 2.08. The van der Waals surface area contributed by atoms with Crippen molar-refractivity contribution in [2.75, 3.05) is 13.1 Å². The summed E-state index contributed by atoms with van der Waals surface area (Å²) in [4.78, 5) is 4.04. The Kier molecular flexibility index (Phi) is 3.75. The molecule has 1 unspecified atom stereocenters. The predicted octanol–water partition coefficient (Wildman–Crippen LogP) is 2.75. The third-order valence-corrected chi connectivity index (χ3v) is 2.87. The van der Waals surface area contributed by atoms with Crippen LogP contribution in [0.2, 0.25) is 5.15 Å². The number of piperidine rings is 1. The lowest BCUT2D eigenvalue weighted by Crippen LogP contribution is -2.28. The van der Waals surface area contributed by atoms with E-state index in [4.69, 9.17) is 11.6 Å². The number of halogens is 1. The molecule has 1 saturated heterocycles. The van der Waals surface area contributed by atoms with Gasteiger partial charge >= 0.3 is 0 Å². The topological polar surface area (TPSA) is 24.9 Å². The van der Waals surface area contributed by atoms with Gasteiger partial charge in [-0.2, -0.15) is 0 Å². The van der Waals surface area contributed by atoms with Gasteiger partial charge < -0.3 is 5.32 Å². The predicted molar refractivity (Wildman–Crippen MR) is 63.9 cm³/mol. The normalized spacial score (nSPS) is 22.1. The molecule has 1 aromatic heterocycles. The van der Waals surface area contributed by atoms with Crippen LogP contribution in [-0.2, 0) is 0 Å². The molecule has 1 aliphatic rings. The summed E-state index contributed by atoms with van der Waals surface area (Å²) in [5.41, 5.74) is 1.12. The molecule has 1 atom stereocenters. The second-order valence-corrected chi connectivity index (χ2v) is 4.27. The largest absolute Gasteiger partial charge is 0.316 e. The van der Waals surface area contributed by atoms with Gasteiger partial charge in [-0.05, 0) is 36.9 Å². The van der Waals surface area contributed by atoms with Gasteiger partial charge in [-0.15, -0.1) is 0 Å². The number of nitrogens with zero attached hydrogens (tertiary/aromatic N) is 1. The summed E-state index contributed by atoms with van der Waals surface area (Å²) >= 11 is 5.72. The van der Waals surface area contributed by atoms with Crippen LogP contribution in [0.4, 0.5) is 0 Å². The summed E-state index contributed by atoms with van der Waals surface area (Å²) in [5, 5.41) is 3.94. The molecule has 0 amide bonds. The van der Waals surface area contributed by atoms with Crippen LogP contribution in [0, 0.1) is 5.92 Å². The molecule has 0 bridgehead atoms. The van der Waals surface area contributed by atoms with E-state index >= 15 is 0 Å². The molecule has 0 aromatic carbocycles. The van der Waals surface area contributed by atoms with E-state index in [0.29, 0.717) is 11.1 Å². The van der Waals surface area contributed by atoms with Crippen molar-refractivity contribution in [3.8, 4) is 0 Å². The van der Waals surface area contributed by atoms with E-state index in [1.54, 1.807) is 6.20 Å². The SMILES string of the molecule is Clc1ccc(C=CC2CCCNC2)cn1. The van der Waals surface area contributed by atoms with E-state index in [0.717, 1.165) is 18.7 Å². The summed E-state index contributed by atoms with van der Waals surface area (Å²) in [6, 6.07) is 3.81. The first-order valence-electron chi connectivity index (χ1n) is 5.35. The highest BCUT2D eigenvalue weighted by molar-refractivity contribution is 6.29. The Morgan fingerprint density at radius 1 is 1.47 bits per heavy atom. The van der Waals surface area contributed by atoms with Gasteiger partial charge in [0.2, 0.25) is 0 Å². The third kappa shape index (κ3) is 3.33. The van der Waals surface area contributed by atoms with Crippen molar-refractivity contribution >= 4 is 17.7 Å². The van der Waals surface area contributed by atoms with Gasteiger partial charge in [-0.1, -0.05) is 29.8 Å². The van der Waals surface area contributed by atoms with E-state index in [1.165, 1.54) is 12.8 Å². The standard InChI is InChI=1S/C12H15ClN2/c13-12-6-5-11(9-15-12)4-3-10-2-1-7-14-8-10/h3-6,9-10,14H,1-2,7-8H2. The maximum Gasteiger partial charge on any atom is 0.129 e. The quantitative estimate of drug-likeness (QED) is 0.779. The zero-order valence-electron chi connectivity index (χ0n) is 8.62. The lowest BCUT2D eigenvalue weighted by Gasteiger charge is -2.19. The van der Waals surface area contributed by atoms with Crippen LogP contribution in [0.3, 0.4) is 0 Å². The first-order chi connectivity index (χ1) is 7.34. The minimum atomic E-state index is 0.548. The van der Waals surface area contributed by atoms with Gasteiger partial charge in [-0.25, -0.2) is 4.98 Å². The molecular formula is C12H15ClN2. The molecule has 1 aromatic rings. The van der Waals surface area contributed by atoms with Crippen molar-refractivity contribution in [2.45, 2.75) is 12.8 Å². The van der Waals surface area contributed by atoms with Crippen LogP contribution < -0.4 is 5.32 Å². The number of aromatic nitrogens is 1. The molecule has 2 nitrogen and oxygen atoms in total. The molecule has 15 heavy (non-hydrogen) atoms. The number of hydrogen-bond donors (Lipinski definition) is 1. The maximum absolute atomic E-state index is 5.72. The average Bonchev–Trinajstić information content (AvgIpc) is 2.30. The van der Waals surface area contributed by atoms with Crippen molar-refractivity contribution in [2.24, 2.45) is 5.92 Å². The van der Waals surface area contributed by atoms with E-state index in [1.807, 2.05) is 12.1 Å². The lowest BCUT2D eigenvalue weighted by molar-refractivity contribution is 0.439. The molecule has 1 aliphatic heterocycles. The highest BCUT2D eigenvalue weighted by Crippen LogP contribution is 2.14. The first-order valence-corrected chi connectivity index (χ1v) is 5.73. The van der Waals surface area contributed by atoms with Crippen LogP contribution in [0.1, 0.15) is 18.4 Å². The third-order valence-electron chi connectivity index (χ3n) is 2.65. The second kappa shape index (κ2) is 5.29. The Bertz CT molecular complexity index is 326. The monoisotopic (exact) mass is 222 g/mol. The lowest BCUT2D eigenvalue weighted by atomic mass is 9.98. The minimum Gasteiger partial charge on any atom is -0.316 e. The summed E-state index contributed by atoms with van der Waals surface area (Å²) in [6.45, 7) is 2.25. The van der Waals surface area contributed by atoms with Crippen LogP contribution in [0.25, 0.3) is 6.08 Å². The van der Waals surface area contributed by atoms with Crippen molar-refractivity contribution in [1.29, 1.82) is 0 Å². The molecule has 2 heterocycles. The molecule has 0 spiro atoms. The Balaban J connectivity index is 1.95. The smallest absolute Gasteiger partial charge is 0.129 e. The number of nitrogens with one attached hydrogen (secondary N) is 1. The number of pyridine rings is 1. The molecule has 80 valence electrons. The molecule has 1 N–H and O–H groups in total. The Hall–Kier alpha value is -0.860. The Morgan fingerprint density at radius 3 is 3.07 bits per heavy atom. The number of hydrogen-bond acceptors (Lipinski definition) is 2. The molecule has 0 radical (unpaired) electrons. The van der Waals surface area contributed by atoms with Gasteiger partial charge in [0.25, 0.3) is 0 Å². The van der Waals surface area contributed by atoms with E-state index in [-0.39, 0.29) is 0 Å².